The molecule has 0 radical (unpaired) electrons. The van der Waals surface area contributed by atoms with Gasteiger partial charge in [0.05, 0.1) is 10.6 Å². The number of benzene rings is 2. The highest BCUT2D eigenvalue weighted by Crippen LogP contribution is 2.21. The number of non-ortho nitro benzene ring substituents is 1. The maximum Gasteiger partial charge on any atom is 0.271 e. The number of nitro groups is 1. The molecule has 0 unspecified atom stereocenters. The van der Waals surface area contributed by atoms with Gasteiger partial charge in [0.1, 0.15) is 6.04 Å². The number of carbonyl (C=O) groups is 1. The first-order valence-electron chi connectivity index (χ1n) is 6.75. The average Bonchev–Trinajstić information content (AvgIpc) is 2.55. The fourth-order valence-corrected chi connectivity index (χ4v) is 1.89. The highest BCUT2D eigenvalue weighted by Gasteiger charge is 2.19. The van der Waals surface area contributed by atoms with E-state index in [2.05, 4.69) is 10.6 Å². The summed E-state index contributed by atoms with van der Waals surface area (Å²) in [6.45, 7) is 1.42. The van der Waals surface area contributed by atoms with E-state index < -0.39 is 40.0 Å². The number of hydrogen-bond acceptors (Lipinski definition) is 4. The second-order valence-corrected chi connectivity index (χ2v) is 4.89. The number of rotatable bonds is 5. The van der Waals surface area contributed by atoms with Gasteiger partial charge in [0.2, 0.25) is 5.91 Å². The van der Waals surface area contributed by atoms with Gasteiger partial charge in [-0.25, -0.2) is 13.2 Å². The van der Waals surface area contributed by atoms with Gasteiger partial charge in [0.15, 0.2) is 17.5 Å². The summed E-state index contributed by atoms with van der Waals surface area (Å²) in [5.41, 5.74) is -0.372. The molecule has 0 bridgehead atoms. The molecule has 2 aromatic rings. The third-order valence-corrected chi connectivity index (χ3v) is 3.13. The zero-order valence-electron chi connectivity index (χ0n) is 12.3. The molecule has 1 atom stereocenters. The fraction of sp³-hybridized carbons (Fsp3) is 0.133. The van der Waals surface area contributed by atoms with Crippen molar-refractivity contribution < 1.29 is 22.9 Å². The quantitative estimate of drug-likeness (QED) is 0.496. The van der Waals surface area contributed by atoms with Gasteiger partial charge < -0.3 is 10.6 Å². The summed E-state index contributed by atoms with van der Waals surface area (Å²) in [6.07, 6.45) is 0. The number of anilines is 2. The van der Waals surface area contributed by atoms with E-state index in [9.17, 15) is 28.1 Å². The zero-order valence-corrected chi connectivity index (χ0v) is 12.3. The molecule has 0 fully saturated rings. The van der Waals surface area contributed by atoms with Crippen molar-refractivity contribution in [3.8, 4) is 0 Å². The Balaban J connectivity index is 2.09. The van der Waals surface area contributed by atoms with E-state index in [0.29, 0.717) is 11.8 Å². The number of nitro benzene ring substituents is 1. The van der Waals surface area contributed by atoms with Crippen molar-refractivity contribution >= 4 is 23.0 Å². The van der Waals surface area contributed by atoms with Crippen LogP contribution in [0.25, 0.3) is 0 Å². The van der Waals surface area contributed by atoms with E-state index in [0.717, 1.165) is 6.07 Å². The van der Waals surface area contributed by atoms with Crippen LogP contribution in [-0.2, 0) is 4.79 Å². The lowest BCUT2D eigenvalue weighted by atomic mass is 10.2. The molecule has 6 nitrogen and oxygen atoms in total. The highest BCUT2D eigenvalue weighted by atomic mass is 19.2. The van der Waals surface area contributed by atoms with Gasteiger partial charge in [-0.15, -0.1) is 0 Å². The predicted octanol–water partition coefficient (Wildman–Crippen LogP) is 3.45. The summed E-state index contributed by atoms with van der Waals surface area (Å²) >= 11 is 0. The van der Waals surface area contributed by atoms with Crippen LogP contribution in [0, 0.1) is 27.6 Å². The van der Waals surface area contributed by atoms with E-state index >= 15 is 0 Å². The molecule has 2 aromatic carbocycles. The van der Waals surface area contributed by atoms with Gasteiger partial charge in [-0.05, 0) is 25.1 Å². The summed E-state index contributed by atoms with van der Waals surface area (Å²) in [6, 6.07) is 6.11. The summed E-state index contributed by atoms with van der Waals surface area (Å²) in [5.74, 6) is -5.29. The normalized spacial score (nSPS) is 11.7. The molecule has 1 amide bonds. The number of nitrogens with one attached hydrogen (secondary N) is 2. The van der Waals surface area contributed by atoms with Crippen molar-refractivity contribution in [2.45, 2.75) is 13.0 Å². The third-order valence-electron chi connectivity index (χ3n) is 3.13. The van der Waals surface area contributed by atoms with Crippen molar-refractivity contribution in [2.24, 2.45) is 0 Å². The van der Waals surface area contributed by atoms with Crippen LogP contribution in [0.4, 0.5) is 30.2 Å². The van der Waals surface area contributed by atoms with Crippen LogP contribution >= 0.6 is 0 Å². The molecule has 0 aromatic heterocycles. The van der Waals surface area contributed by atoms with Crippen LogP contribution in [-0.4, -0.2) is 16.9 Å². The van der Waals surface area contributed by atoms with E-state index in [-0.39, 0.29) is 5.69 Å². The van der Waals surface area contributed by atoms with Crippen molar-refractivity contribution in [1.82, 2.24) is 0 Å². The van der Waals surface area contributed by atoms with E-state index in [4.69, 9.17) is 0 Å². The Hall–Kier alpha value is -3.10. The van der Waals surface area contributed by atoms with Crippen LogP contribution in [0.1, 0.15) is 6.92 Å². The summed E-state index contributed by atoms with van der Waals surface area (Å²) < 4.78 is 39.5. The summed E-state index contributed by atoms with van der Waals surface area (Å²) in [7, 11) is 0. The minimum absolute atomic E-state index is 0.167. The number of nitrogens with zero attached hydrogens (tertiary/aromatic N) is 1. The maximum atomic E-state index is 13.5. The predicted molar refractivity (Wildman–Crippen MR) is 81.1 cm³/mol. The van der Waals surface area contributed by atoms with Gasteiger partial charge in [0, 0.05) is 17.8 Å². The first kappa shape index (κ1) is 17.3. The molecule has 24 heavy (non-hydrogen) atoms. The third kappa shape index (κ3) is 3.80. The minimum Gasteiger partial charge on any atom is -0.374 e. The summed E-state index contributed by atoms with van der Waals surface area (Å²) in [5, 5.41) is 15.5. The Morgan fingerprint density at radius 3 is 2.54 bits per heavy atom. The zero-order chi connectivity index (χ0) is 17.9. The van der Waals surface area contributed by atoms with Crippen LogP contribution in [0.15, 0.2) is 36.4 Å². The smallest absolute Gasteiger partial charge is 0.271 e. The molecule has 2 rings (SSSR count). The topological polar surface area (TPSA) is 84.3 Å². The lowest BCUT2D eigenvalue weighted by Gasteiger charge is -2.15. The van der Waals surface area contributed by atoms with Gasteiger partial charge in [-0.3, -0.25) is 14.9 Å². The second-order valence-electron chi connectivity index (χ2n) is 4.89. The monoisotopic (exact) mass is 339 g/mol. The molecule has 0 aliphatic heterocycles. The Bertz CT molecular complexity index is 799. The SMILES string of the molecule is C[C@H](Nc1cccc([N+](=O)[O-])c1)C(=O)Nc1ccc(F)c(F)c1F. The van der Waals surface area contributed by atoms with Crippen molar-refractivity contribution in [1.29, 1.82) is 0 Å². The molecular formula is C15H12F3N3O3. The second kappa shape index (κ2) is 6.99. The van der Waals surface area contributed by atoms with Gasteiger partial charge in [-0.2, -0.15) is 0 Å². The Morgan fingerprint density at radius 2 is 1.88 bits per heavy atom. The molecular weight excluding hydrogens is 327 g/mol. The molecule has 0 spiro atoms. The van der Waals surface area contributed by atoms with Gasteiger partial charge >= 0.3 is 0 Å². The lowest BCUT2D eigenvalue weighted by molar-refractivity contribution is -0.384. The highest BCUT2D eigenvalue weighted by molar-refractivity contribution is 5.96. The van der Waals surface area contributed by atoms with Gasteiger partial charge in [-0.1, -0.05) is 6.07 Å². The maximum absolute atomic E-state index is 13.5. The molecule has 2 N–H and O–H groups in total. The molecule has 0 saturated heterocycles. The minimum atomic E-state index is -1.69. The molecule has 0 aliphatic carbocycles. The van der Waals surface area contributed by atoms with Crippen molar-refractivity contribution in [3.05, 3.63) is 64.0 Å². The Labute approximate surface area is 134 Å². The van der Waals surface area contributed by atoms with E-state index in [1.165, 1.54) is 31.2 Å². The van der Waals surface area contributed by atoms with Crippen LogP contribution in [0.3, 0.4) is 0 Å². The molecule has 9 heteroatoms. The molecule has 0 aliphatic rings. The Morgan fingerprint density at radius 1 is 1.17 bits per heavy atom. The molecule has 0 saturated carbocycles. The largest absolute Gasteiger partial charge is 0.374 e. The average molecular weight is 339 g/mol. The van der Waals surface area contributed by atoms with Crippen LogP contribution < -0.4 is 10.6 Å². The Kier molecular flexibility index (Phi) is 5.02. The fourth-order valence-electron chi connectivity index (χ4n) is 1.89. The van der Waals surface area contributed by atoms with Gasteiger partial charge in [0.25, 0.3) is 5.69 Å². The number of hydrogen-bond donors (Lipinski definition) is 2. The van der Waals surface area contributed by atoms with E-state index in [1.807, 2.05) is 0 Å². The van der Waals surface area contributed by atoms with Crippen LogP contribution in [0.5, 0.6) is 0 Å². The van der Waals surface area contributed by atoms with E-state index in [1.54, 1.807) is 0 Å². The first-order valence-corrected chi connectivity index (χ1v) is 6.75. The molecule has 126 valence electrons. The number of carbonyl (C=O) groups excluding carboxylic acids is 1. The number of amides is 1. The van der Waals surface area contributed by atoms with Crippen molar-refractivity contribution in [3.63, 3.8) is 0 Å². The molecule has 0 heterocycles. The lowest BCUT2D eigenvalue weighted by Crippen LogP contribution is -2.32. The first-order chi connectivity index (χ1) is 11.3. The summed E-state index contributed by atoms with van der Waals surface area (Å²) in [4.78, 5) is 22.1. The standard InChI is InChI=1S/C15H12F3N3O3/c1-8(19-9-3-2-4-10(7-9)21(23)24)15(22)20-12-6-5-11(16)13(17)14(12)18/h2-8,19H,1H3,(H,20,22)/t8-/m0/s1. The number of halogens is 3. The van der Waals surface area contributed by atoms with Crippen molar-refractivity contribution in [2.75, 3.05) is 10.6 Å². The van der Waals surface area contributed by atoms with Crippen LogP contribution in [0.2, 0.25) is 0 Å².